The van der Waals surface area contributed by atoms with Crippen LogP contribution in [0.4, 0.5) is 26.2 Å². The van der Waals surface area contributed by atoms with Crippen LogP contribution in [0.15, 0.2) is 48.5 Å². The molecular weight excluding hydrogens is 389 g/mol. The summed E-state index contributed by atoms with van der Waals surface area (Å²) in [4.78, 5) is 39.1. The van der Waals surface area contributed by atoms with Gasteiger partial charge in [0.05, 0.1) is 6.54 Å². The average Bonchev–Trinajstić information content (AvgIpc) is 2.74. The molecule has 1 aliphatic heterocycles. The highest BCUT2D eigenvalue weighted by Crippen LogP contribution is 2.17. The fraction of sp³-hybridized carbons (Fsp3) is 0.286. The molecule has 3 N–H and O–H groups in total. The average molecular weight is 413 g/mol. The Labute approximate surface area is 174 Å². The van der Waals surface area contributed by atoms with Crippen LogP contribution in [0.1, 0.15) is 6.92 Å². The second kappa shape index (κ2) is 9.73. The smallest absolute Gasteiger partial charge is 0.317 e. The molecule has 8 nitrogen and oxygen atoms in total. The fourth-order valence-electron chi connectivity index (χ4n) is 3.13. The maximum atomic E-state index is 13.0. The zero-order valence-corrected chi connectivity index (χ0v) is 16.7. The van der Waals surface area contributed by atoms with Crippen LogP contribution in [0.2, 0.25) is 0 Å². The predicted octanol–water partition coefficient (Wildman–Crippen LogP) is 2.25. The van der Waals surface area contributed by atoms with Crippen LogP contribution in [0.3, 0.4) is 0 Å². The van der Waals surface area contributed by atoms with Crippen molar-refractivity contribution in [3.63, 3.8) is 0 Å². The van der Waals surface area contributed by atoms with E-state index in [-0.39, 0.29) is 30.2 Å². The van der Waals surface area contributed by atoms with Gasteiger partial charge in [-0.25, -0.2) is 9.18 Å². The Morgan fingerprint density at radius 1 is 0.867 bits per heavy atom. The summed E-state index contributed by atoms with van der Waals surface area (Å²) in [5, 5.41) is 7.96. The molecule has 1 aliphatic rings. The van der Waals surface area contributed by atoms with Gasteiger partial charge in [-0.15, -0.1) is 0 Å². The number of carbonyl (C=O) groups is 3. The predicted molar refractivity (Wildman–Crippen MR) is 113 cm³/mol. The monoisotopic (exact) mass is 413 g/mol. The maximum Gasteiger partial charge on any atom is 0.317 e. The van der Waals surface area contributed by atoms with Gasteiger partial charge in [0.25, 0.3) is 0 Å². The van der Waals surface area contributed by atoms with Gasteiger partial charge in [0.15, 0.2) is 0 Å². The lowest BCUT2D eigenvalue weighted by Crippen LogP contribution is -2.52. The molecule has 1 saturated heterocycles. The molecule has 158 valence electrons. The number of carbonyl (C=O) groups excluding carboxylic acids is 3. The molecule has 9 heteroatoms. The Hall–Kier alpha value is -3.62. The van der Waals surface area contributed by atoms with Crippen molar-refractivity contribution in [2.45, 2.75) is 6.92 Å². The number of benzene rings is 2. The Morgan fingerprint density at radius 2 is 1.43 bits per heavy atom. The summed E-state index contributed by atoms with van der Waals surface area (Å²) in [6, 6.07) is 12.7. The van der Waals surface area contributed by atoms with Crippen molar-refractivity contribution < 1.29 is 18.8 Å². The third-order valence-corrected chi connectivity index (χ3v) is 4.65. The van der Waals surface area contributed by atoms with E-state index in [0.717, 1.165) is 5.69 Å². The van der Waals surface area contributed by atoms with Gasteiger partial charge in [-0.1, -0.05) is 0 Å². The van der Waals surface area contributed by atoms with Crippen LogP contribution >= 0.6 is 0 Å². The van der Waals surface area contributed by atoms with Gasteiger partial charge in [-0.2, -0.15) is 0 Å². The number of rotatable bonds is 5. The molecule has 0 atom stereocenters. The summed E-state index contributed by atoms with van der Waals surface area (Å²) in [5.74, 6) is -0.799. The van der Waals surface area contributed by atoms with Crippen molar-refractivity contribution in [1.82, 2.24) is 10.2 Å². The number of halogens is 1. The molecule has 0 bridgehead atoms. The van der Waals surface area contributed by atoms with E-state index in [1.807, 2.05) is 0 Å². The molecule has 1 heterocycles. The zero-order chi connectivity index (χ0) is 21.5. The molecule has 2 aromatic rings. The van der Waals surface area contributed by atoms with Crippen molar-refractivity contribution in [2.75, 3.05) is 48.3 Å². The minimum Gasteiger partial charge on any atom is -0.368 e. The number of piperazine rings is 1. The number of nitrogens with one attached hydrogen (secondary N) is 3. The first-order chi connectivity index (χ1) is 14.4. The standard InChI is InChI=1S/C21H24FN5O3/c1-15(28)24-17-4-6-18(7-5-17)25-20(29)14-23-21(30)27-12-10-26(11-13-27)19-8-2-16(22)3-9-19/h2-9H,10-14H2,1H3,(H,23,30)(H,24,28)(H,25,29). The van der Waals surface area contributed by atoms with Crippen LogP contribution in [0.25, 0.3) is 0 Å². The van der Waals surface area contributed by atoms with Gasteiger partial charge >= 0.3 is 6.03 Å². The molecule has 4 amide bonds. The van der Waals surface area contributed by atoms with E-state index in [1.165, 1.54) is 19.1 Å². The number of hydrogen-bond donors (Lipinski definition) is 3. The topological polar surface area (TPSA) is 93.8 Å². The summed E-state index contributed by atoms with van der Waals surface area (Å²) in [7, 11) is 0. The van der Waals surface area contributed by atoms with E-state index in [0.29, 0.717) is 37.6 Å². The minimum absolute atomic E-state index is 0.148. The summed E-state index contributed by atoms with van der Waals surface area (Å²) in [6.07, 6.45) is 0. The molecule has 0 saturated carbocycles. The Kier molecular flexibility index (Phi) is 6.84. The van der Waals surface area contributed by atoms with E-state index in [2.05, 4.69) is 20.9 Å². The summed E-state index contributed by atoms with van der Waals surface area (Å²) in [6.45, 7) is 3.55. The third kappa shape index (κ3) is 5.94. The van der Waals surface area contributed by atoms with Crippen molar-refractivity contribution >= 4 is 34.9 Å². The van der Waals surface area contributed by atoms with Crippen LogP contribution in [-0.2, 0) is 9.59 Å². The highest BCUT2D eigenvalue weighted by molar-refractivity contribution is 5.95. The normalized spacial score (nSPS) is 13.5. The van der Waals surface area contributed by atoms with Gasteiger partial charge in [-0.05, 0) is 48.5 Å². The largest absolute Gasteiger partial charge is 0.368 e. The minimum atomic E-state index is -0.347. The van der Waals surface area contributed by atoms with Gasteiger partial charge in [0.2, 0.25) is 11.8 Å². The molecule has 3 rings (SSSR count). The zero-order valence-electron chi connectivity index (χ0n) is 16.7. The second-order valence-electron chi connectivity index (χ2n) is 6.92. The summed E-state index contributed by atoms with van der Waals surface area (Å²) < 4.78 is 13.0. The van der Waals surface area contributed by atoms with Crippen LogP contribution in [0, 0.1) is 5.82 Å². The summed E-state index contributed by atoms with van der Waals surface area (Å²) in [5.41, 5.74) is 2.12. The van der Waals surface area contributed by atoms with Crippen molar-refractivity contribution in [3.05, 3.63) is 54.3 Å². The molecule has 0 aromatic heterocycles. The maximum absolute atomic E-state index is 13.0. The van der Waals surface area contributed by atoms with E-state index in [1.54, 1.807) is 41.3 Å². The summed E-state index contributed by atoms with van der Waals surface area (Å²) >= 11 is 0. The van der Waals surface area contributed by atoms with Crippen LogP contribution in [0.5, 0.6) is 0 Å². The Morgan fingerprint density at radius 3 is 2.00 bits per heavy atom. The highest BCUT2D eigenvalue weighted by atomic mass is 19.1. The quantitative estimate of drug-likeness (QED) is 0.701. The van der Waals surface area contributed by atoms with Gasteiger partial charge in [0, 0.05) is 50.2 Å². The third-order valence-electron chi connectivity index (χ3n) is 4.65. The number of urea groups is 1. The van der Waals surface area contributed by atoms with E-state index in [9.17, 15) is 18.8 Å². The SMILES string of the molecule is CC(=O)Nc1ccc(NC(=O)CNC(=O)N2CCN(c3ccc(F)cc3)CC2)cc1. The lowest BCUT2D eigenvalue weighted by Gasteiger charge is -2.36. The molecule has 0 unspecified atom stereocenters. The first-order valence-electron chi connectivity index (χ1n) is 9.61. The number of hydrogen-bond acceptors (Lipinski definition) is 4. The lowest BCUT2D eigenvalue weighted by molar-refractivity contribution is -0.115. The van der Waals surface area contributed by atoms with E-state index in [4.69, 9.17) is 0 Å². The van der Waals surface area contributed by atoms with Crippen LogP contribution in [-0.4, -0.2) is 55.5 Å². The number of anilines is 3. The van der Waals surface area contributed by atoms with E-state index < -0.39 is 0 Å². The molecule has 2 aromatic carbocycles. The Bertz CT molecular complexity index is 894. The van der Waals surface area contributed by atoms with Gasteiger partial charge in [0.1, 0.15) is 5.82 Å². The van der Waals surface area contributed by atoms with Crippen molar-refractivity contribution in [1.29, 1.82) is 0 Å². The first-order valence-corrected chi connectivity index (χ1v) is 9.61. The van der Waals surface area contributed by atoms with Crippen molar-refractivity contribution in [3.8, 4) is 0 Å². The number of nitrogens with zero attached hydrogens (tertiary/aromatic N) is 2. The lowest BCUT2D eigenvalue weighted by atomic mass is 10.2. The molecule has 0 spiro atoms. The van der Waals surface area contributed by atoms with Gasteiger partial charge < -0.3 is 25.8 Å². The molecule has 0 radical (unpaired) electrons. The molecule has 1 fully saturated rings. The van der Waals surface area contributed by atoms with Gasteiger partial charge in [-0.3, -0.25) is 9.59 Å². The van der Waals surface area contributed by atoms with E-state index >= 15 is 0 Å². The first kappa shape index (κ1) is 21.1. The molecular formula is C21H24FN5O3. The van der Waals surface area contributed by atoms with Crippen LogP contribution < -0.4 is 20.9 Å². The fourth-order valence-corrected chi connectivity index (χ4v) is 3.13. The second-order valence-corrected chi connectivity index (χ2v) is 6.92. The highest BCUT2D eigenvalue weighted by Gasteiger charge is 2.21. The molecule has 30 heavy (non-hydrogen) atoms. The van der Waals surface area contributed by atoms with Crippen molar-refractivity contribution in [2.24, 2.45) is 0 Å². The Balaban J connectivity index is 1.40. The molecule has 0 aliphatic carbocycles. The number of amides is 4.